The number of aliphatic hydroxyl groups is 5. The van der Waals surface area contributed by atoms with Crippen molar-refractivity contribution in [2.45, 2.75) is 123 Å². The Bertz CT molecular complexity index is 1020. The van der Waals surface area contributed by atoms with E-state index in [0.717, 1.165) is 83.8 Å². The van der Waals surface area contributed by atoms with E-state index in [1.54, 1.807) is 19.6 Å². The molecule has 8 amide bonds. The largest absolute Gasteiger partial charge is 0.396 e. The Morgan fingerprint density at radius 3 is 0.754 bits per heavy atom. The highest BCUT2D eigenvalue weighted by atomic mass is 16.5. The van der Waals surface area contributed by atoms with Crippen LogP contribution < -0.4 is 0 Å². The highest BCUT2D eigenvalue weighted by Crippen LogP contribution is 2.36. The topological polar surface area (TPSA) is 232 Å². The van der Waals surface area contributed by atoms with Gasteiger partial charge < -0.3 is 44.5 Å². The van der Waals surface area contributed by atoms with Gasteiger partial charge in [0.2, 0.25) is 0 Å². The van der Waals surface area contributed by atoms with Crippen molar-refractivity contribution in [1.82, 2.24) is 39.2 Å². The molecule has 0 aliphatic carbocycles. The molecule has 0 aromatic heterocycles. The van der Waals surface area contributed by atoms with Crippen molar-refractivity contribution in [3.8, 4) is 0 Å². The second kappa shape index (κ2) is 27.4. The van der Waals surface area contributed by atoms with Crippen molar-refractivity contribution in [3.05, 3.63) is 0 Å². The van der Waals surface area contributed by atoms with E-state index < -0.39 is 63.6 Å². The molecule has 5 N–H and O–H groups in total. The Morgan fingerprint density at radius 2 is 0.579 bits per heavy atom. The summed E-state index contributed by atoms with van der Waals surface area (Å²) in [6.45, 7) is 10.8. The number of rotatable bonds is 26. The summed E-state index contributed by atoms with van der Waals surface area (Å²) in [5, 5.41) is 44.7. The zero-order valence-corrected chi connectivity index (χ0v) is 34.7. The molecular formula is C36H70N8O13. The Hall–Kier alpha value is -3.28. The molecule has 0 bridgehead atoms. The molecule has 57 heavy (non-hydrogen) atoms. The molecule has 4 fully saturated rings. The molecule has 4 rings (SSSR count). The molecule has 21 nitrogen and oxygen atoms in total. The predicted octanol–water partition coefficient (Wildman–Crippen LogP) is 1.90. The fourth-order valence-corrected chi connectivity index (χ4v) is 6.42. The molecule has 4 saturated heterocycles. The van der Waals surface area contributed by atoms with Gasteiger partial charge in [0.25, 0.3) is 0 Å². The van der Waals surface area contributed by atoms with Gasteiger partial charge in [-0.3, -0.25) is 39.2 Å². The second-order valence-electron chi connectivity index (χ2n) is 13.7. The molecule has 4 aliphatic heterocycles. The van der Waals surface area contributed by atoms with Crippen LogP contribution in [0.3, 0.4) is 0 Å². The molecule has 0 atom stereocenters. The Morgan fingerprint density at radius 1 is 0.368 bits per heavy atom. The maximum absolute atomic E-state index is 13.4. The maximum Gasteiger partial charge on any atom is 0.327 e. The molecule has 332 valence electrons. The number of carbonyl (C=O) groups is 4. The number of hydrogen-bond donors (Lipinski definition) is 5. The zero-order valence-electron chi connectivity index (χ0n) is 34.7. The van der Waals surface area contributed by atoms with Crippen molar-refractivity contribution in [2.24, 2.45) is 0 Å². The van der Waals surface area contributed by atoms with Crippen LogP contribution in [0, 0.1) is 0 Å². The molecule has 0 unspecified atom stereocenters. The summed E-state index contributed by atoms with van der Waals surface area (Å²) in [6.07, 6.45) is 6.81. The Kier molecular flexibility index (Phi) is 24.0. The number of hydrogen-bond acceptors (Lipinski definition) is 13. The lowest BCUT2D eigenvalue weighted by Gasteiger charge is -2.29. The number of fused-ring (bicyclic) bond motifs is 2. The van der Waals surface area contributed by atoms with Gasteiger partial charge in [0, 0.05) is 33.0 Å². The van der Waals surface area contributed by atoms with Crippen molar-refractivity contribution in [3.63, 3.8) is 0 Å². The van der Waals surface area contributed by atoms with Gasteiger partial charge in [0.1, 0.15) is 53.8 Å². The monoisotopic (exact) mass is 823 g/mol. The quantitative estimate of drug-likeness (QED) is 0.0786. The first-order valence-corrected chi connectivity index (χ1v) is 20.3. The SMILES string of the molecule is CCCCO.CCCCOCN1C(=O)N(COCCCC)C2C1N(COCCCC)C(=O)N2COCCCC.O=C1N(CO)C2C(N1CO)N(CO)C(=O)N2CO. The fraction of sp³-hybridized carbons (Fsp3) is 0.889. The summed E-state index contributed by atoms with van der Waals surface area (Å²) in [6, 6.07) is -1.76. The van der Waals surface area contributed by atoms with Crippen LogP contribution in [0.1, 0.15) is 98.8 Å². The van der Waals surface area contributed by atoms with E-state index in [-0.39, 0.29) is 39.0 Å². The van der Waals surface area contributed by atoms with Gasteiger partial charge in [-0.15, -0.1) is 0 Å². The van der Waals surface area contributed by atoms with Gasteiger partial charge >= 0.3 is 24.1 Å². The minimum absolute atomic E-state index is 0.120. The van der Waals surface area contributed by atoms with E-state index in [2.05, 4.69) is 34.6 Å². The third-order valence-electron chi connectivity index (χ3n) is 9.67. The van der Waals surface area contributed by atoms with Crippen LogP contribution >= 0.6 is 0 Å². The smallest absolute Gasteiger partial charge is 0.327 e. The summed E-state index contributed by atoms with van der Waals surface area (Å²) in [7, 11) is 0. The van der Waals surface area contributed by atoms with E-state index >= 15 is 0 Å². The lowest BCUT2D eigenvalue weighted by molar-refractivity contribution is -0.0367. The summed E-state index contributed by atoms with van der Waals surface area (Å²) >= 11 is 0. The average Bonchev–Trinajstić information content (AvgIpc) is 3.84. The number of unbranched alkanes of at least 4 members (excludes halogenated alkanes) is 5. The molecule has 0 aromatic carbocycles. The van der Waals surface area contributed by atoms with Gasteiger partial charge in [0.15, 0.2) is 24.7 Å². The minimum atomic E-state index is -0.945. The second-order valence-corrected chi connectivity index (χ2v) is 13.7. The van der Waals surface area contributed by atoms with Crippen LogP contribution in [0.2, 0.25) is 0 Å². The van der Waals surface area contributed by atoms with Crippen LogP contribution in [0.4, 0.5) is 19.2 Å². The highest BCUT2D eigenvalue weighted by Gasteiger charge is 2.60. The van der Waals surface area contributed by atoms with Gasteiger partial charge in [-0.05, 0) is 32.1 Å². The van der Waals surface area contributed by atoms with E-state index in [9.17, 15) is 19.2 Å². The number of ether oxygens (including phenoxy) is 4. The third kappa shape index (κ3) is 12.9. The fourth-order valence-electron chi connectivity index (χ4n) is 6.42. The molecule has 0 saturated carbocycles. The Balaban J connectivity index is 0.000000403. The number of urea groups is 4. The number of carbonyl (C=O) groups excluding carboxylic acids is 4. The molecule has 21 heteroatoms. The lowest BCUT2D eigenvalue weighted by atomic mass is 10.3. The van der Waals surface area contributed by atoms with Crippen molar-refractivity contribution in [2.75, 3.05) is 86.9 Å². The van der Waals surface area contributed by atoms with E-state index in [1.165, 1.54) is 0 Å². The van der Waals surface area contributed by atoms with Crippen LogP contribution in [0.15, 0.2) is 0 Å². The third-order valence-corrected chi connectivity index (χ3v) is 9.67. The van der Waals surface area contributed by atoms with Crippen molar-refractivity contribution in [1.29, 1.82) is 0 Å². The molecule has 4 heterocycles. The summed E-state index contributed by atoms with van der Waals surface area (Å²) in [5.74, 6) is 0. The predicted molar refractivity (Wildman–Crippen MR) is 205 cm³/mol. The van der Waals surface area contributed by atoms with Crippen LogP contribution in [0.5, 0.6) is 0 Å². The molecule has 0 radical (unpaired) electrons. The van der Waals surface area contributed by atoms with E-state index in [4.69, 9.17) is 44.5 Å². The highest BCUT2D eigenvalue weighted by molar-refractivity contribution is 5.85. The maximum atomic E-state index is 13.4. The first kappa shape index (κ1) is 49.9. The molecule has 4 aliphatic rings. The number of nitrogens with zero attached hydrogens (tertiary/aromatic N) is 8. The van der Waals surface area contributed by atoms with Crippen molar-refractivity contribution >= 4 is 24.1 Å². The Labute approximate surface area is 337 Å². The lowest BCUT2D eigenvalue weighted by Crippen LogP contribution is -2.48. The normalized spacial score (nSPS) is 21.5. The van der Waals surface area contributed by atoms with E-state index in [0.29, 0.717) is 33.0 Å². The van der Waals surface area contributed by atoms with Gasteiger partial charge in [0.05, 0.1) is 0 Å². The van der Waals surface area contributed by atoms with Crippen LogP contribution in [0.25, 0.3) is 0 Å². The first-order valence-electron chi connectivity index (χ1n) is 20.3. The van der Waals surface area contributed by atoms with Gasteiger partial charge in [-0.25, -0.2) is 19.2 Å². The average molecular weight is 823 g/mol. The number of aliphatic hydroxyl groups excluding tert-OH is 5. The van der Waals surface area contributed by atoms with Gasteiger partial charge in [-0.1, -0.05) is 66.7 Å². The van der Waals surface area contributed by atoms with Crippen LogP contribution in [-0.2, 0) is 18.9 Å². The van der Waals surface area contributed by atoms with Crippen molar-refractivity contribution < 1.29 is 63.7 Å². The van der Waals surface area contributed by atoms with E-state index in [1.807, 2.05) is 0 Å². The summed E-state index contributed by atoms with van der Waals surface area (Å²) < 4.78 is 23.2. The summed E-state index contributed by atoms with van der Waals surface area (Å²) in [4.78, 5) is 60.7. The summed E-state index contributed by atoms with van der Waals surface area (Å²) in [5.41, 5.74) is 0. The standard InChI is InChI=1S/C24H46N4O6.C8H14N4O6.C4H10O/c1-5-9-13-31-17-25-21-22(27(23(25)29)19-33-15-11-7-3)28(20-34-16-12-8-4)24(30)26(21)18-32-14-10-6-2;13-1-9-5-6(11(3-15)7(9)17)12(4-16)8(18)10(5)2-14;1-2-3-4-5/h21-22H,5-20H2,1-4H3;5-6,13-16H,1-4H2;5H,2-4H2,1H3. The van der Waals surface area contributed by atoms with Gasteiger partial charge in [-0.2, -0.15) is 0 Å². The number of amides is 8. The zero-order chi connectivity index (χ0) is 42.3. The minimum Gasteiger partial charge on any atom is -0.396 e. The van der Waals surface area contributed by atoms with Crippen LogP contribution in [-0.4, -0.2) is 200 Å². The molecular weight excluding hydrogens is 752 g/mol. The molecule has 0 aromatic rings. The first-order chi connectivity index (χ1) is 27.6. The molecule has 0 spiro atoms.